The number of carbonyl (C=O) groups is 2. The largest absolute Gasteiger partial charge is 1.00 e. The first-order valence-electron chi connectivity index (χ1n) is 5.56. The van der Waals surface area contributed by atoms with Gasteiger partial charge in [-0.25, -0.2) is 9.59 Å². The van der Waals surface area contributed by atoms with Gasteiger partial charge in [0, 0.05) is 0 Å². The maximum Gasteiger partial charge on any atom is 1.00 e. The fourth-order valence-electron chi connectivity index (χ4n) is 0.961. The van der Waals surface area contributed by atoms with Crippen molar-refractivity contribution >= 4 is 70.3 Å². The number of nitrogens with one attached hydrogen (secondary N) is 2. The van der Waals surface area contributed by atoms with E-state index in [-0.39, 0.29) is 46.4 Å². The molecule has 0 aliphatic rings. The average Bonchev–Trinajstić information content (AvgIpc) is 2.32. The molecule has 0 rings (SSSR count). The number of carboxylic acids is 2. The van der Waals surface area contributed by atoms with Crippen molar-refractivity contribution in [1.82, 2.24) is 10.6 Å². The fraction of sp³-hybridized carbons (Fsp3) is 0.600. The van der Waals surface area contributed by atoms with E-state index in [1.54, 1.807) is 13.8 Å². The Balaban J connectivity index is -0.000000135. The third-order valence-electron chi connectivity index (χ3n) is 2.00. The fourth-order valence-corrected chi connectivity index (χ4v) is 1.53. The van der Waals surface area contributed by atoms with Crippen molar-refractivity contribution in [1.29, 1.82) is 0 Å². The Morgan fingerprint density at radius 1 is 0.909 bits per heavy atom. The van der Waals surface area contributed by atoms with Gasteiger partial charge in [0.15, 0.2) is 0 Å². The molecular weight excluding hydrogens is 354 g/mol. The molecule has 2 atom stereocenters. The SMILES string of the molecule is CCC(NC(=S)[S-])C(=O)O.CCC(NC(=S)[S-])C(=O)O.[Li+].[Li+]. The van der Waals surface area contributed by atoms with Gasteiger partial charge >= 0.3 is 49.7 Å². The summed E-state index contributed by atoms with van der Waals surface area (Å²) in [7, 11) is 0. The van der Waals surface area contributed by atoms with Crippen LogP contribution in [0.1, 0.15) is 26.7 Å². The van der Waals surface area contributed by atoms with E-state index in [9.17, 15) is 9.59 Å². The van der Waals surface area contributed by atoms with Crippen LogP contribution >= 0.6 is 24.4 Å². The molecule has 0 radical (unpaired) electrons. The number of hydrogen-bond donors (Lipinski definition) is 4. The summed E-state index contributed by atoms with van der Waals surface area (Å²) in [5.41, 5.74) is 0. The topological polar surface area (TPSA) is 98.7 Å². The quantitative estimate of drug-likeness (QED) is 0.206. The Hall–Kier alpha value is 0.355. The molecule has 116 valence electrons. The van der Waals surface area contributed by atoms with Gasteiger partial charge in [0.05, 0.1) is 0 Å². The summed E-state index contributed by atoms with van der Waals surface area (Å²) >= 11 is 18.0. The number of rotatable bonds is 6. The van der Waals surface area contributed by atoms with Crippen LogP contribution in [0.3, 0.4) is 0 Å². The zero-order chi connectivity index (χ0) is 16.3. The van der Waals surface area contributed by atoms with Crippen molar-refractivity contribution in [2.75, 3.05) is 0 Å². The molecule has 0 aliphatic carbocycles. The van der Waals surface area contributed by atoms with Crippen LogP contribution in [-0.4, -0.2) is 42.9 Å². The van der Waals surface area contributed by atoms with Crippen molar-refractivity contribution in [3.8, 4) is 0 Å². The minimum Gasteiger partial charge on any atom is -0.480 e. The summed E-state index contributed by atoms with van der Waals surface area (Å²) < 4.78 is 0.212. The van der Waals surface area contributed by atoms with Crippen LogP contribution in [-0.2, 0) is 34.8 Å². The number of carboxylic acid groups (broad SMARTS) is 2. The first-order chi connectivity index (χ1) is 9.15. The summed E-state index contributed by atoms with van der Waals surface area (Å²) in [4.78, 5) is 20.6. The van der Waals surface area contributed by atoms with Gasteiger partial charge in [-0.1, -0.05) is 22.5 Å². The summed E-state index contributed by atoms with van der Waals surface area (Å²) in [6, 6.07) is -1.27. The molecule has 0 aromatic carbocycles. The van der Waals surface area contributed by atoms with Crippen LogP contribution in [0.15, 0.2) is 0 Å². The van der Waals surface area contributed by atoms with Gasteiger partial charge in [-0.3, -0.25) is 0 Å². The van der Waals surface area contributed by atoms with Crippen LogP contribution < -0.4 is 48.4 Å². The summed E-state index contributed by atoms with van der Waals surface area (Å²) in [5, 5.41) is 21.9. The van der Waals surface area contributed by atoms with E-state index in [0.717, 1.165) is 0 Å². The second kappa shape index (κ2) is 17.7. The molecule has 0 fully saturated rings. The Labute approximate surface area is 176 Å². The molecule has 12 heteroatoms. The molecular formula is C10H16Li2N2O4S4. The number of hydrogen-bond acceptors (Lipinski definition) is 6. The van der Waals surface area contributed by atoms with Crippen LogP contribution in [0.25, 0.3) is 0 Å². The molecule has 0 bridgehead atoms. The predicted octanol–water partition coefficient (Wildman–Crippen LogP) is -5.45. The molecule has 0 aliphatic heterocycles. The summed E-state index contributed by atoms with van der Waals surface area (Å²) in [6.07, 6.45) is 0.957. The van der Waals surface area contributed by atoms with E-state index in [0.29, 0.717) is 12.8 Å². The first-order valence-corrected chi connectivity index (χ1v) is 7.19. The average molecular weight is 370 g/mol. The smallest absolute Gasteiger partial charge is 0.480 e. The van der Waals surface area contributed by atoms with E-state index < -0.39 is 24.0 Å². The number of thiocarbonyl (C=S) groups is 2. The van der Waals surface area contributed by atoms with Crippen molar-refractivity contribution in [2.24, 2.45) is 0 Å². The van der Waals surface area contributed by atoms with Gasteiger partial charge in [-0.15, -0.1) is 0 Å². The van der Waals surface area contributed by atoms with Crippen molar-refractivity contribution in [3.63, 3.8) is 0 Å². The molecule has 6 nitrogen and oxygen atoms in total. The maximum absolute atomic E-state index is 10.3. The molecule has 0 aromatic rings. The molecule has 0 saturated carbocycles. The summed E-state index contributed by atoms with van der Waals surface area (Å²) in [6.45, 7) is 3.50. The van der Waals surface area contributed by atoms with Gasteiger partial charge in [0.25, 0.3) is 0 Å². The Kier molecular flexibility index (Phi) is 24.4. The zero-order valence-electron chi connectivity index (χ0n) is 12.9. The van der Waals surface area contributed by atoms with Crippen molar-refractivity contribution < 1.29 is 57.5 Å². The van der Waals surface area contributed by atoms with Crippen molar-refractivity contribution in [2.45, 2.75) is 38.8 Å². The Bertz CT molecular complexity index is 341. The second-order valence-corrected chi connectivity index (χ2v) is 5.61. The third kappa shape index (κ3) is 18.4. The molecule has 0 amide bonds. The van der Waals surface area contributed by atoms with Gasteiger partial charge in [-0.2, -0.15) is 0 Å². The summed E-state index contributed by atoms with van der Waals surface area (Å²) in [5.74, 6) is -1.84. The monoisotopic (exact) mass is 370 g/mol. The van der Waals surface area contributed by atoms with Crippen LogP contribution in [0.4, 0.5) is 0 Å². The predicted molar refractivity (Wildman–Crippen MR) is 89.6 cm³/mol. The van der Waals surface area contributed by atoms with Gasteiger partial charge < -0.3 is 70.5 Å². The number of aliphatic carboxylic acids is 2. The second-order valence-electron chi connectivity index (χ2n) is 3.46. The molecule has 0 saturated heterocycles. The standard InChI is InChI=1S/2C5H9NO2S2.2Li/c2*1-2-3(4(7)8)6-5(9)10;;/h2*3H,2H2,1H3,(H,7,8)(H2,6,9,10);;/q;;2*+1/p-2. The first kappa shape index (κ1) is 30.3. The molecule has 0 heterocycles. The molecule has 0 aromatic heterocycles. The molecule has 22 heavy (non-hydrogen) atoms. The minimum absolute atomic E-state index is 0. The van der Waals surface area contributed by atoms with E-state index in [2.05, 4.69) is 60.3 Å². The van der Waals surface area contributed by atoms with Gasteiger partial charge in [-0.05, 0) is 12.8 Å². The molecule has 0 spiro atoms. The molecule has 4 N–H and O–H groups in total. The minimum atomic E-state index is -0.922. The van der Waals surface area contributed by atoms with E-state index in [1.807, 2.05) is 0 Å². The van der Waals surface area contributed by atoms with E-state index in [4.69, 9.17) is 10.2 Å². The van der Waals surface area contributed by atoms with Crippen molar-refractivity contribution in [3.05, 3.63) is 0 Å². The van der Waals surface area contributed by atoms with Crippen LogP contribution in [0.5, 0.6) is 0 Å². The third-order valence-corrected chi connectivity index (χ3v) is 2.47. The van der Waals surface area contributed by atoms with Crippen LogP contribution in [0.2, 0.25) is 0 Å². The zero-order valence-corrected chi connectivity index (χ0v) is 16.2. The Morgan fingerprint density at radius 3 is 1.18 bits per heavy atom. The van der Waals surface area contributed by atoms with Gasteiger partial charge in [0.2, 0.25) is 0 Å². The van der Waals surface area contributed by atoms with Gasteiger partial charge in [0.1, 0.15) is 12.1 Å². The van der Waals surface area contributed by atoms with E-state index >= 15 is 0 Å². The molecule has 2 unspecified atom stereocenters. The van der Waals surface area contributed by atoms with E-state index in [1.165, 1.54) is 0 Å². The maximum atomic E-state index is 10.3. The normalized spacial score (nSPS) is 11.0. The van der Waals surface area contributed by atoms with Crippen LogP contribution in [0, 0.1) is 0 Å². The Morgan fingerprint density at radius 2 is 1.14 bits per heavy atom.